The standard InChI is InChI=1S/C13H21NO3S/c1-2-18(16,17)8-4-7-14-9-11-5-3-6-13(15)12(11)10-14/h9-10,13,15H,2-8H2,1H3. The first kappa shape index (κ1) is 13.6. The van der Waals surface area contributed by atoms with E-state index >= 15 is 0 Å². The molecule has 18 heavy (non-hydrogen) atoms. The number of aromatic nitrogens is 1. The molecule has 0 saturated heterocycles. The smallest absolute Gasteiger partial charge is 0.150 e. The zero-order valence-corrected chi connectivity index (χ0v) is 11.6. The van der Waals surface area contributed by atoms with Crippen LogP contribution in [0.4, 0.5) is 0 Å². The predicted molar refractivity (Wildman–Crippen MR) is 71.3 cm³/mol. The molecule has 0 aromatic carbocycles. The van der Waals surface area contributed by atoms with Gasteiger partial charge < -0.3 is 9.67 Å². The maximum atomic E-state index is 11.4. The Morgan fingerprint density at radius 1 is 1.44 bits per heavy atom. The highest BCUT2D eigenvalue weighted by Gasteiger charge is 2.19. The first-order valence-electron chi connectivity index (χ1n) is 6.59. The SMILES string of the molecule is CCS(=O)(=O)CCCn1cc2c(c1)C(O)CCC2. The van der Waals surface area contributed by atoms with Crippen molar-refractivity contribution in [1.29, 1.82) is 0 Å². The van der Waals surface area contributed by atoms with E-state index in [0.717, 1.165) is 24.8 Å². The molecule has 1 aromatic heterocycles. The van der Waals surface area contributed by atoms with Crippen LogP contribution >= 0.6 is 0 Å². The Hall–Kier alpha value is -0.810. The number of aliphatic hydroxyl groups excluding tert-OH is 1. The molecule has 102 valence electrons. The molecule has 0 fully saturated rings. The summed E-state index contributed by atoms with van der Waals surface area (Å²) in [5.74, 6) is 0.461. The summed E-state index contributed by atoms with van der Waals surface area (Å²) in [7, 11) is -2.87. The Morgan fingerprint density at radius 2 is 2.22 bits per heavy atom. The van der Waals surface area contributed by atoms with Crippen LogP contribution in [0.1, 0.15) is 43.4 Å². The molecule has 0 bridgehead atoms. The maximum Gasteiger partial charge on any atom is 0.150 e. The Bertz CT molecular complexity index is 504. The third-order valence-corrected chi connectivity index (χ3v) is 5.38. The van der Waals surface area contributed by atoms with Crippen LogP contribution in [-0.4, -0.2) is 29.6 Å². The lowest BCUT2D eigenvalue weighted by Crippen LogP contribution is -2.10. The van der Waals surface area contributed by atoms with E-state index in [4.69, 9.17) is 0 Å². The second-order valence-corrected chi connectivity index (χ2v) is 7.45. The molecule has 1 atom stereocenters. The number of nitrogens with zero attached hydrogens (tertiary/aromatic N) is 1. The van der Waals surface area contributed by atoms with Gasteiger partial charge in [0.25, 0.3) is 0 Å². The summed E-state index contributed by atoms with van der Waals surface area (Å²) in [6.45, 7) is 2.39. The average Bonchev–Trinajstić information content (AvgIpc) is 2.73. The van der Waals surface area contributed by atoms with E-state index in [1.807, 2.05) is 10.8 Å². The second-order valence-electron chi connectivity index (χ2n) is 4.97. The average molecular weight is 271 g/mol. The van der Waals surface area contributed by atoms with Gasteiger partial charge >= 0.3 is 0 Å². The van der Waals surface area contributed by atoms with Crippen molar-refractivity contribution in [3.63, 3.8) is 0 Å². The van der Waals surface area contributed by atoms with Crippen molar-refractivity contribution in [2.45, 2.75) is 45.3 Å². The van der Waals surface area contributed by atoms with Crippen molar-refractivity contribution >= 4 is 9.84 Å². The van der Waals surface area contributed by atoms with E-state index in [-0.39, 0.29) is 17.6 Å². The summed E-state index contributed by atoms with van der Waals surface area (Å²) < 4.78 is 24.8. The van der Waals surface area contributed by atoms with E-state index in [9.17, 15) is 13.5 Å². The quantitative estimate of drug-likeness (QED) is 0.886. The third kappa shape index (κ3) is 3.14. The molecule has 1 aliphatic rings. The molecule has 1 aliphatic carbocycles. The minimum absolute atomic E-state index is 0.216. The molecule has 1 heterocycles. The van der Waals surface area contributed by atoms with Gasteiger partial charge in [-0.3, -0.25) is 0 Å². The van der Waals surface area contributed by atoms with Gasteiger partial charge in [-0.05, 0) is 31.2 Å². The van der Waals surface area contributed by atoms with E-state index in [2.05, 4.69) is 6.20 Å². The highest BCUT2D eigenvalue weighted by atomic mass is 32.2. The summed E-state index contributed by atoms with van der Waals surface area (Å²) in [5.41, 5.74) is 2.24. The van der Waals surface area contributed by atoms with Crippen molar-refractivity contribution in [2.24, 2.45) is 0 Å². The molecule has 1 aromatic rings. The molecule has 5 heteroatoms. The van der Waals surface area contributed by atoms with Crippen LogP contribution < -0.4 is 0 Å². The monoisotopic (exact) mass is 271 g/mol. The fourth-order valence-electron chi connectivity index (χ4n) is 2.46. The van der Waals surface area contributed by atoms with Crippen LogP contribution in [0.5, 0.6) is 0 Å². The van der Waals surface area contributed by atoms with Crippen LogP contribution in [0, 0.1) is 0 Å². The minimum atomic E-state index is -2.87. The summed E-state index contributed by atoms with van der Waals surface area (Å²) in [6.07, 6.45) is 7.21. The topological polar surface area (TPSA) is 59.3 Å². The molecule has 1 N–H and O–H groups in total. The van der Waals surface area contributed by atoms with Gasteiger partial charge in [-0.2, -0.15) is 0 Å². The van der Waals surface area contributed by atoms with Crippen molar-refractivity contribution < 1.29 is 13.5 Å². The lowest BCUT2D eigenvalue weighted by molar-refractivity contribution is 0.157. The van der Waals surface area contributed by atoms with Crippen LogP contribution in [0.25, 0.3) is 0 Å². The van der Waals surface area contributed by atoms with Crippen molar-refractivity contribution in [3.05, 3.63) is 23.5 Å². The Kier molecular flexibility index (Phi) is 4.12. The zero-order valence-electron chi connectivity index (χ0n) is 10.8. The number of hydrogen-bond donors (Lipinski definition) is 1. The van der Waals surface area contributed by atoms with Crippen LogP contribution in [0.2, 0.25) is 0 Å². The van der Waals surface area contributed by atoms with Gasteiger partial charge in [0.05, 0.1) is 11.9 Å². The lowest BCUT2D eigenvalue weighted by atomic mass is 9.93. The summed E-state index contributed by atoms with van der Waals surface area (Å²) in [6, 6.07) is 0. The fourth-order valence-corrected chi connectivity index (χ4v) is 3.32. The molecule has 0 spiro atoms. The van der Waals surface area contributed by atoms with Crippen LogP contribution in [0.3, 0.4) is 0 Å². The molecule has 4 nitrogen and oxygen atoms in total. The molecule has 0 amide bonds. The van der Waals surface area contributed by atoms with E-state index in [1.165, 1.54) is 5.56 Å². The van der Waals surface area contributed by atoms with Gasteiger partial charge in [-0.25, -0.2) is 8.42 Å². The molecular weight excluding hydrogens is 250 g/mol. The molecule has 1 unspecified atom stereocenters. The number of rotatable bonds is 5. The first-order chi connectivity index (χ1) is 8.52. The minimum Gasteiger partial charge on any atom is -0.388 e. The number of sulfone groups is 1. The van der Waals surface area contributed by atoms with E-state index < -0.39 is 9.84 Å². The van der Waals surface area contributed by atoms with Crippen LogP contribution in [0.15, 0.2) is 12.4 Å². The number of fused-ring (bicyclic) bond motifs is 1. The van der Waals surface area contributed by atoms with Gasteiger partial charge in [-0.15, -0.1) is 0 Å². The molecule has 2 rings (SSSR count). The maximum absolute atomic E-state index is 11.4. The fraction of sp³-hybridized carbons (Fsp3) is 0.692. The molecule has 0 radical (unpaired) electrons. The van der Waals surface area contributed by atoms with Gasteiger partial charge in [0.2, 0.25) is 0 Å². The highest BCUT2D eigenvalue weighted by molar-refractivity contribution is 7.91. The van der Waals surface area contributed by atoms with Crippen molar-refractivity contribution in [1.82, 2.24) is 4.57 Å². The molecular formula is C13H21NO3S. The molecule has 0 saturated carbocycles. The predicted octanol–water partition coefficient (Wildman–Crippen LogP) is 1.68. The number of hydrogen-bond acceptors (Lipinski definition) is 3. The number of aliphatic hydroxyl groups is 1. The second kappa shape index (κ2) is 5.45. The van der Waals surface area contributed by atoms with Gasteiger partial charge in [-0.1, -0.05) is 6.92 Å². The largest absolute Gasteiger partial charge is 0.388 e. The van der Waals surface area contributed by atoms with Gasteiger partial charge in [0.15, 0.2) is 0 Å². The Balaban J connectivity index is 1.95. The summed E-state index contributed by atoms with van der Waals surface area (Å²) in [5, 5.41) is 9.86. The Labute approximate surface area is 109 Å². The van der Waals surface area contributed by atoms with E-state index in [0.29, 0.717) is 13.0 Å². The summed E-state index contributed by atoms with van der Waals surface area (Å²) in [4.78, 5) is 0. The number of aryl methyl sites for hydroxylation is 2. The molecule has 0 aliphatic heterocycles. The summed E-state index contributed by atoms with van der Waals surface area (Å²) >= 11 is 0. The normalized spacial score (nSPS) is 19.8. The zero-order chi connectivity index (χ0) is 13.2. The third-order valence-electron chi connectivity index (χ3n) is 3.59. The van der Waals surface area contributed by atoms with E-state index in [1.54, 1.807) is 6.92 Å². The van der Waals surface area contributed by atoms with Crippen LogP contribution in [-0.2, 0) is 22.8 Å². The lowest BCUT2D eigenvalue weighted by Gasteiger charge is -2.16. The first-order valence-corrected chi connectivity index (χ1v) is 8.41. The van der Waals surface area contributed by atoms with Crippen molar-refractivity contribution in [2.75, 3.05) is 11.5 Å². The Morgan fingerprint density at radius 3 is 2.89 bits per heavy atom. The van der Waals surface area contributed by atoms with Gasteiger partial charge in [0.1, 0.15) is 9.84 Å². The highest BCUT2D eigenvalue weighted by Crippen LogP contribution is 2.30. The van der Waals surface area contributed by atoms with Gasteiger partial charge in [0, 0.05) is 30.3 Å². The van der Waals surface area contributed by atoms with Crippen molar-refractivity contribution in [3.8, 4) is 0 Å².